The molecule has 16 heavy (non-hydrogen) atoms. The summed E-state index contributed by atoms with van der Waals surface area (Å²) in [7, 11) is 0. The van der Waals surface area contributed by atoms with Crippen molar-refractivity contribution in [3.05, 3.63) is 0 Å². The molecule has 0 aromatic heterocycles. The van der Waals surface area contributed by atoms with E-state index in [0.717, 1.165) is 32.3 Å². The highest BCUT2D eigenvalue weighted by Gasteiger charge is 2.27. The minimum atomic E-state index is 0.198. The van der Waals surface area contributed by atoms with E-state index in [0.29, 0.717) is 26.2 Å². The summed E-state index contributed by atoms with van der Waals surface area (Å²) in [4.78, 5) is 26.3. The van der Waals surface area contributed by atoms with Crippen molar-refractivity contribution in [1.82, 2.24) is 15.1 Å². The molecule has 0 spiro atoms. The molecular formula is C11H19N3O2. The molecule has 90 valence electrons. The van der Waals surface area contributed by atoms with Crippen molar-refractivity contribution in [2.24, 2.45) is 5.92 Å². The minimum Gasteiger partial charge on any atom is -0.342 e. The van der Waals surface area contributed by atoms with E-state index < -0.39 is 0 Å². The van der Waals surface area contributed by atoms with Gasteiger partial charge in [0.2, 0.25) is 12.3 Å². The van der Waals surface area contributed by atoms with E-state index in [4.69, 9.17) is 0 Å². The van der Waals surface area contributed by atoms with Crippen LogP contribution in [0, 0.1) is 5.92 Å². The molecular weight excluding hydrogens is 206 g/mol. The molecule has 5 heteroatoms. The summed E-state index contributed by atoms with van der Waals surface area (Å²) >= 11 is 0. The molecule has 0 aromatic rings. The molecule has 0 aromatic carbocycles. The first-order chi connectivity index (χ1) is 7.81. The number of rotatable bonds is 2. The molecule has 1 N–H and O–H groups in total. The van der Waals surface area contributed by atoms with Gasteiger partial charge in [0.1, 0.15) is 0 Å². The Morgan fingerprint density at radius 3 is 2.31 bits per heavy atom. The largest absolute Gasteiger partial charge is 0.342 e. The number of hydrogen-bond acceptors (Lipinski definition) is 3. The number of nitrogens with one attached hydrogen (secondary N) is 1. The smallest absolute Gasteiger partial charge is 0.225 e. The summed E-state index contributed by atoms with van der Waals surface area (Å²) < 4.78 is 0. The van der Waals surface area contributed by atoms with Crippen LogP contribution in [0.15, 0.2) is 0 Å². The third-order valence-electron chi connectivity index (χ3n) is 3.46. The fourth-order valence-corrected chi connectivity index (χ4v) is 2.37. The molecule has 2 amide bonds. The molecule has 0 saturated carbocycles. The first-order valence-electron chi connectivity index (χ1n) is 6.00. The zero-order chi connectivity index (χ0) is 11.4. The summed E-state index contributed by atoms with van der Waals surface area (Å²) in [6.07, 6.45) is 2.77. The maximum Gasteiger partial charge on any atom is 0.225 e. The molecule has 2 rings (SSSR count). The lowest BCUT2D eigenvalue weighted by molar-refractivity contribution is -0.139. The van der Waals surface area contributed by atoms with Crippen molar-refractivity contribution in [2.45, 2.75) is 12.8 Å². The van der Waals surface area contributed by atoms with Crippen LogP contribution in [0.25, 0.3) is 0 Å². The monoisotopic (exact) mass is 225 g/mol. The lowest BCUT2D eigenvalue weighted by atomic mass is 9.96. The van der Waals surface area contributed by atoms with Gasteiger partial charge < -0.3 is 15.1 Å². The summed E-state index contributed by atoms with van der Waals surface area (Å²) in [5.74, 6) is 0.482. The van der Waals surface area contributed by atoms with Crippen molar-refractivity contribution in [1.29, 1.82) is 0 Å². The van der Waals surface area contributed by atoms with Crippen LogP contribution in [0.3, 0.4) is 0 Å². The van der Waals surface area contributed by atoms with Crippen LogP contribution < -0.4 is 5.32 Å². The van der Waals surface area contributed by atoms with Crippen LogP contribution >= 0.6 is 0 Å². The van der Waals surface area contributed by atoms with Gasteiger partial charge >= 0.3 is 0 Å². The molecule has 2 aliphatic rings. The van der Waals surface area contributed by atoms with Gasteiger partial charge in [-0.3, -0.25) is 9.59 Å². The van der Waals surface area contributed by atoms with E-state index in [1.807, 2.05) is 4.90 Å². The lowest BCUT2D eigenvalue weighted by Gasteiger charge is -2.35. The Bertz CT molecular complexity index is 256. The SMILES string of the molecule is O=CN1CCN(C(=O)C2CCNCC2)CC1. The quantitative estimate of drug-likeness (QED) is 0.631. The molecule has 2 saturated heterocycles. The molecule has 5 nitrogen and oxygen atoms in total. The Morgan fingerprint density at radius 2 is 1.75 bits per heavy atom. The van der Waals surface area contributed by atoms with Crippen molar-refractivity contribution in [3.63, 3.8) is 0 Å². The minimum absolute atomic E-state index is 0.198. The van der Waals surface area contributed by atoms with Crippen LogP contribution in [-0.2, 0) is 9.59 Å². The van der Waals surface area contributed by atoms with Crippen LogP contribution in [0.5, 0.6) is 0 Å². The van der Waals surface area contributed by atoms with Crippen LogP contribution in [0.4, 0.5) is 0 Å². The number of amides is 2. The van der Waals surface area contributed by atoms with E-state index in [9.17, 15) is 9.59 Å². The van der Waals surface area contributed by atoms with E-state index in [1.54, 1.807) is 4.90 Å². The fourth-order valence-electron chi connectivity index (χ4n) is 2.37. The highest BCUT2D eigenvalue weighted by molar-refractivity contribution is 5.79. The predicted molar refractivity (Wildman–Crippen MR) is 59.8 cm³/mol. The first-order valence-corrected chi connectivity index (χ1v) is 6.00. The van der Waals surface area contributed by atoms with Crippen molar-refractivity contribution in [2.75, 3.05) is 39.3 Å². The number of piperazine rings is 1. The predicted octanol–water partition coefficient (Wildman–Crippen LogP) is -0.713. The summed E-state index contributed by atoms with van der Waals surface area (Å²) in [5.41, 5.74) is 0. The van der Waals surface area contributed by atoms with Gasteiger partial charge in [0, 0.05) is 32.1 Å². The topological polar surface area (TPSA) is 52.7 Å². The van der Waals surface area contributed by atoms with E-state index in [-0.39, 0.29) is 11.8 Å². The van der Waals surface area contributed by atoms with Crippen molar-refractivity contribution >= 4 is 12.3 Å². The van der Waals surface area contributed by atoms with E-state index in [1.165, 1.54) is 0 Å². The first kappa shape index (κ1) is 11.4. The maximum atomic E-state index is 12.1. The van der Waals surface area contributed by atoms with Gasteiger partial charge in [0.25, 0.3) is 0 Å². The third-order valence-corrected chi connectivity index (χ3v) is 3.46. The van der Waals surface area contributed by atoms with E-state index >= 15 is 0 Å². The van der Waals surface area contributed by atoms with Crippen LogP contribution in [0.2, 0.25) is 0 Å². The second-order valence-electron chi connectivity index (χ2n) is 4.49. The summed E-state index contributed by atoms with van der Waals surface area (Å²) in [6, 6.07) is 0. The van der Waals surface area contributed by atoms with Gasteiger partial charge in [-0.15, -0.1) is 0 Å². The Labute approximate surface area is 95.8 Å². The van der Waals surface area contributed by atoms with Crippen molar-refractivity contribution in [3.8, 4) is 0 Å². The standard InChI is InChI=1S/C11H19N3O2/c15-9-13-5-7-14(8-6-13)11(16)10-1-3-12-4-2-10/h9-10,12H,1-8H2. The molecule has 0 aliphatic carbocycles. The third kappa shape index (κ3) is 2.52. The van der Waals surface area contributed by atoms with Gasteiger partial charge in [0.15, 0.2) is 0 Å². The average Bonchev–Trinajstić information content (AvgIpc) is 2.39. The molecule has 0 atom stereocenters. The molecule has 0 bridgehead atoms. The van der Waals surface area contributed by atoms with Crippen molar-refractivity contribution < 1.29 is 9.59 Å². The maximum absolute atomic E-state index is 12.1. The normalized spacial score (nSPS) is 23.2. The van der Waals surface area contributed by atoms with Gasteiger partial charge in [0.05, 0.1) is 0 Å². The second-order valence-corrected chi connectivity index (χ2v) is 4.49. The van der Waals surface area contributed by atoms with Crippen LogP contribution in [-0.4, -0.2) is 61.4 Å². The summed E-state index contributed by atoms with van der Waals surface area (Å²) in [6.45, 7) is 4.65. The molecule has 2 heterocycles. The van der Waals surface area contributed by atoms with Crippen LogP contribution in [0.1, 0.15) is 12.8 Å². The highest BCUT2D eigenvalue weighted by atomic mass is 16.2. The average molecular weight is 225 g/mol. The zero-order valence-corrected chi connectivity index (χ0v) is 9.52. The second kappa shape index (κ2) is 5.30. The number of hydrogen-bond donors (Lipinski definition) is 1. The molecule has 2 aliphatic heterocycles. The Kier molecular flexibility index (Phi) is 3.77. The number of carbonyl (C=O) groups excluding carboxylic acids is 2. The lowest BCUT2D eigenvalue weighted by Crippen LogP contribution is -2.50. The van der Waals surface area contributed by atoms with Gasteiger partial charge in [-0.2, -0.15) is 0 Å². The van der Waals surface area contributed by atoms with E-state index in [2.05, 4.69) is 5.32 Å². The number of piperidine rings is 1. The molecule has 2 fully saturated rings. The molecule has 0 unspecified atom stereocenters. The van der Waals surface area contributed by atoms with Gasteiger partial charge in [-0.1, -0.05) is 0 Å². The molecule has 0 radical (unpaired) electrons. The summed E-state index contributed by atoms with van der Waals surface area (Å²) in [5, 5.41) is 3.26. The van der Waals surface area contributed by atoms with Gasteiger partial charge in [-0.25, -0.2) is 0 Å². The van der Waals surface area contributed by atoms with Gasteiger partial charge in [-0.05, 0) is 25.9 Å². The number of nitrogens with zero attached hydrogens (tertiary/aromatic N) is 2. The Hall–Kier alpha value is -1.10. The Morgan fingerprint density at radius 1 is 1.12 bits per heavy atom. The number of carbonyl (C=O) groups is 2. The zero-order valence-electron chi connectivity index (χ0n) is 9.52. The Balaban J connectivity index is 1.83. The fraction of sp³-hybridized carbons (Fsp3) is 0.818. The highest BCUT2D eigenvalue weighted by Crippen LogP contribution is 2.16.